The van der Waals surface area contributed by atoms with E-state index in [1.165, 1.54) is 11.8 Å². The van der Waals surface area contributed by atoms with Crippen molar-refractivity contribution >= 4 is 32.5 Å². The first-order valence-electron chi connectivity index (χ1n) is 7.49. The van der Waals surface area contributed by atoms with Crippen LogP contribution >= 0.6 is 11.8 Å². The van der Waals surface area contributed by atoms with Crippen molar-refractivity contribution in [3.63, 3.8) is 0 Å². The molecule has 0 saturated carbocycles. The summed E-state index contributed by atoms with van der Waals surface area (Å²) in [6.07, 6.45) is 5.56. The third-order valence-corrected chi connectivity index (χ3v) is 4.68. The van der Waals surface area contributed by atoms with Crippen LogP contribution in [-0.2, 0) is 14.4 Å². The second-order valence-corrected chi connectivity index (χ2v) is 7.86. The number of hydrogen-bond donors (Lipinski definition) is 0. The number of allylic oxidation sites excluding steroid dienone is 2. The number of hydrogen-bond acceptors (Lipinski definition) is 6. The molecule has 126 valence electrons. The molecule has 0 aromatic heterocycles. The standard InChI is InChI=1S/C17H18N2O3S2/c1-3-4-8-14-11-16(23-17(14)19-22-24(2,20)21)15(12-18)13-9-6-5-7-10-13/h5-7,9-11H,3-4,8H2,1-2H3/b16-15-,19-17+. The minimum absolute atomic E-state index is 0.493. The number of benzene rings is 1. The molecule has 0 fully saturated rings. The minimum Gasteiger partial charge on any atom is -0.268 e. The van der Waals surface area contributed by atoms with Gasteiger partial charge < -0.3 is 0 Å². The molecule has 1 aliphatic rings. The van der Waals surface area contributed by atoms with Crippen LogP contribution in [0.1, 0.15) is 31.7 Å². The monoisotopic (exact) mass is 362 g/mol. The third-order valence-electron chi connectivity index (χ3n) is 3.26. The van der Waals surface area contributed by atoms with Crippen LogP contribution in [0.4, 0.5) is 0 Å². The maximum atomic E-state index is 11.2. The van der Waals surface area contributed by atoms with Gasteiger partial charge in [-0.3, -0.25) is 4.28 Å². The van der Waals surface area contributed by atoms with Crippen LogP contribution in [0.15, 0.2) is 52.0 Å². The molecule has 7 heteroatoms. The van der Waals surface area contributed by atoms with Gasteiger partial charge in [0.25, 0.3) is 0 Å². The van der Waals surface area contributed by atoms with E-state index in [1.807, 2.05) is 36.4 Å². The van der Waals surface area contributed by atoms with Crippen molar-refractivity contribution in [2.75, 3.05) is 6.26 Å². The topological polar surface area (TPSA) is 79.5 Å². The number of oxime groups is 1. The van der Waals surface area contributed by atoms with E-state index < -0.39 is 10.1 Å². The zero-order chi connectivity index (χ0) is 17.6. The Morgan fingerprint density at radius 1 is 1.33 bits per heavy atom. The summed E-state index contributed by atoms with van der Waals surface area (Å²) in [4.78, 5) is 0.755. The molecule has 0 atom stereocenters. The average Bonchev–Trinajstić information content (AvgIpc) is 2.95. The van der Waals surface area contributed by atoms with Gasteiger partial charge >= 0.3 is 10.1 Å². The molecule has 5 nitrogen and oxygen atoms in total. The van der Waals surface area contributed by atoms with Crippen molar-refractivity contribution in [2.45, 2.75) is 26.2 Å². The molecule has 0 N–H and O–H groups in total. The fourth-order valence-corrected chi connectivity index (χ4v) is 3.43. The number of unbranched alkanes of at least 4 members (excludes halogenated alkanes) is 1. The molecule has 0 saturated heterocycles. The number of nitrogens with zero attached hydrogens (tertiary/aromatic N) is 2. The Labute approximate surface area is 146 Å². The molecule has 1 aliphatic heterocycles. The highest BCUT2D eigenvalue weighted by Gasteiger charge is 2.23. The Bertz CT molecular complexity index is 832. The Hall–Kier alpha value is -2.04. The molecule has 1 heterocycles. The molecule has 0 radical (unpaired) electrons. The molecular weight excluding hydrogens is 344 g/mol. The van der Waals surface area contributed by atoms with Crippen molar-refractivity contribution in [3.8, 4) is 6.07 Å². The Balaban J connectivity index is 2.41. The Morgan fingerprint density at radius 2 is 2.04 bits per heavy atom. The smallest absolute Gasteiger partial charge is 0.268 e. The summed E-state index contributed by atoms with van der Waals surface area (Å²) in [5.74, 6) is 0. The largest absolute Gasteiger partial charge is 0.325 e. The molecule has 0 bridgehead atoms. The molecule has 0 aliphatic carbocycles. The predicted molar refractivity (Wildman–Crippen MR) is 97.5 cm³/mol. The van der Waals surface area contributed by atoms with Gasteiger partial charge in [0.1, 0.15) is 11.1 Å². The number of nitriles is 1. The summed E-state index contributed by atoms with van der Waals surface area (Å²) in [5.41, 5.74) is 2.25. The second kappa shape index (κ2) is 8.18. The maximum absolute atomic E-state index is 11.2. The molecule has 24 heavy (non-hydrogen) atoms. The lowest BCUT2D eigenvalue weighted by atomic mass is 10.0. The summed E-state index contributed by atoms with van der Waals surface area (Å²) in [7, 11) is -3.66. The molecule has 0 amide bonds. The normalized spacial score (nSPS) is 18.2. The van der Waals surface area contributed by atoms with E-state index in [-0.39, 0.29) is 0 Å². The van der Waals surface area contributed by atoms with E-state index in [2.05, 4.69) is 22.4 Å². The minimum atomic E-state index is -3.66. The first-order valence-corrected chi connectivity index (χ1v) is 10.1. The Kier molecular flexibility index (Phi) is 6.23. The molecule has 1 aromatic carbocycles. The van der Waals surface area contributed by atoms with Crippen LogP contribution in [0, 0.1) is 11.3 Å². The van der Waals surface area contributed by atoms with Crippen LogP contribution < -0.4 is 0 Å². The van der Waals surface area contributed by atoms with Crippen molar-refractivity contribution < 1.29 is 12.7 Å². The molecular formula is C17H18N2O3S2. The quantitative estimate of drug-likeness (QED) is 0.563. The first-order chi connectivity index (χ1) is 11.4. The lowest BCUT2D eigenvalue weighted by molar-refractivity contribution is 0.344. The summed E-state index contributed by atoms with van der Waals surface area (Å²) < 4.78 is 26.9. The van der Waals surface area contributed by atoms with Crippen molar-refractivity contribution in [1.82, 2.24) is 0 Å². The van der Waals surface area contributed by atoms with Gasteiger partial charge in [0, 0.05) is 4.91 Å². The lowest BCUT2D eigenvalue weighted by Gasteiger charge is -2.03. The molecule has 1 aromatic rings. The second-order valence-electron chi connectivity index (χ2n) is 5.27. The van der Waals surface area contributed by atoms with E-state index in [0.717, 1.165) is 41.6 Å². The highest BCUT2D eigenvalue weighted by molar-refractivity contribution is 8.18. The van der Waals surface area contributed by atoms with E-state index in [4.69, 9.17) is 0 Å². The van der Waals surface area contributed by atoms with Gasteiger partial charge in [-0.2, -0.15) is 13.7 Å². The van der Waals surface area contributed by atoms with Gasteiger partial charge in [0.2, 0.25) is 0 Å². The van der Waals surface area contributed by atoms with E-state index in [9.17, 15) is 13.7 Å². The average molecular weight is 362 g/mol. The van der Waals surface area contributed by atoms with Gasteiger partial charge in [-0.05, 0) is 30.1 Å². The van der Waals surface area contributed by atoms with Crippen LogP contribution in [0.3, 0.4) is 0 Å². The van der Waals surface area contributed by atoms with Gasteiger partial charge in [0.05, 0.1) is 11.8 Å². The predicted octanol–water partition coefficient (Wildman–Crippen LogP) is 4.07. The fraction of sp³-hybridized carbons (Fsp3) is 0.294. The molecule has 0 spiro atoms. The maximum Gasteiger partial charge on any atom is 0.325 e. The summed E-state index contributed by atoms with van der Waals surface area (Å²) in [6.45, 7) is 2.08. The van der Waals surface area contributed by atoms with E-state index >= 15 is 0 Å². The summed E-state index contributed by atoms with van der Waals surface area (Å²) >= 11 is 1.26. The van der Waals surface area contributed by atoms with Gasteiger partial charge in [-0.25, -0.2) is 0 Å². The third kappa shape index (κ3) is 4.98. The van der Waals surface area contributed by atoms with Crippen LogP contribution in [0.2, 0.25) is 0 Å². The molecule has 0 unspecified atom stereocenters. The van der Waals surface area contributed by atoms with Gasteiger partial charge in [0.15, 0.2) is 0 Å². The zero-order valence-corrected chi connectivity index (χ0v) is 15.2. The van der Waals surface area contributed by atoms with Crippen LogP contribution in [-0.4, -0.2) is 19.7 Å². The van der Waals surface area contributed by atoms with Crippen LogP contribution in [0.5, 0.6) is 0 Å². The van der Waals surface area contributed by atoms with Crippen molar-refractivity contribution in [3.05, 3.63) is 52.4 Å². The lowest BCUT2D eigenvalue weighted by Crippen LogP contribution is -2.01. The van der Waals surface area contributed by atoms with Crippen molar-refractivity contribution in [2.24, 2.45) is 5.16 Å². The fourth-order valence-electron chi connectivity index (χ4n) is 2.13. The summed E-state index contributed by atoms with van der Waals surface area (Å²) in [6, 6.07) is 11.6. The SMILES string of the molecule is CCCCC1=CC(=C(\C#N)c2ccccc2)/S/C1=N/OS(C)(=O)=O. The zero-order valence-electron chi connectivity index (χ0n) is 13.5. The Morgan fingerprint density at radius 3 is 2.62 bits per heavy atom. The van der Waals surface area contributed by atoms with Crippen molar-refractivity contribution in [1.29, 1.82) is 5.26 Å². The highest BCUT2D eigenvalue weighted by atomic mass is 32.2. The van der Waals surface area contributed by atoms with Gasteiger partial charge in [-0.15, -0.1) is 0 Å². The van der Waals surface area contributed by atoms with Gasteiger partial charge in [-0.1, -0.05) is 60.6 Å². The molecule has 2 rings (SSSR count). The van der Waals surface area contributed by atoms with Crippen LogP contribution in [0.25, 0.3) is 5.57 Å². The number of thioether (sulfide) groups is 1. The van der Waals surface area contributed by atoms with E-state index in [0.29, 0.717) is 10.6 Å². The first kappa shape index (κ1) is 18.3. The van der Waals surface area contributed by atoms with E-state index in [1.54, 1.807) is 0 Å². The summed E-state index contributed by atoms with van der Waals surface area (Å²) in [5, 5.41) is 13.8. The number of rotatable bonds is 6. The highest BCUT2D eigenvalue weighted by Crippen LogP contribution is 2.39.